The van der Waals surface area contributed by atoms with E-state index < -0.39 is 17.5 Å². The van der Waals surface area contributed by atoms with Crippen molar-refractivity contribution in [3.63, 3.8) is 0 Å². The Hall–Kier alpha value is -2.28. The molecule has 2 rings (SSSR count). The van der Waals surface area contributed by atoms with Crippen LogP contribution in [-0.4, -0.2) is 24.8 Å². The van der Waals surface area contributed by atoms with Crippen molar-refractivity contribution in [3.8, 4) is 11.3 Å². The molecule has 0 aliphatic rings. The van der Waals surface area contributed by atoms with Gasteiger partial charge in [-0.1, -0.05) is 5.16 Å². The van der Waals surface area contributed by atoms with Gasteiger partial charge in [0.25, 0.3) is 5.91 Å². The van der Waals surface area contributed by atoms with Crippen LogP contribution in [0.4, 0.5) is 14.7 Å². The lowest BCUT2D eigenvalue weighted by Gasteiger charge is -1.98. The van der Waals surface area contributed by atoms with Crippen LogP contribution >= 0.6 is 0 Å². The predicted octanol–water partition coefficient (Wildman–Crippen LogP) is 2.20. The first-order chi connectivity index (χ1) is 9.10. The summed E-state index contributed by atoms with van der Waals surface area (Å²) in [6.45, 7) is -0.138. The second-order valence-corrected chi connectivity index (χ2v) is 3.68. The molecular formula is C12H10F2N2O3. The predicted molar refractivity (Wildman–Crippen MR) is 62.4 cm³/mol. The van der Waals surface area contributed by atoms with Crippen LogP contribution in [0.1, 0.15) is 0 Å². The Morgan fingerprint density at radius 2 is 2.21 bits per heavy atom. The van der Waals surface area contributed by atoms with Crippen molar-refractivity contribution in [1.29, 1.82) is 0 Å². The number of hydrogen-bond acceptors (Lipinski definition) is 4. The van der Waals surface area contributed by atoms with E-state index in [4.69, 9.17) is 4.52 Å². The minimum Gasteiger partial charge on any atom is -0.375 e. The van der Waals surface area contributed by atoms with Gasteiger partial charge in [-0.05, 0) is 12.1 Å². The van der Waals surface area contributed by atoms with Gasteiger partial charge in [0.1, 0.15) is 23.9 Å². The minimum atomic E-state index is -0.761. The molecule has 2 aromatic rings. The van der Waals surface area contributed by atoms with Gasteiger partial charge in [0.2, 0.25) is 5.88 Å². The van der Waals surface area contributed by atoms with E-state index in [1.807, 2.05) is 0 Å². The van der Waals surface area contributed by atoms with E-state index in [0.717, 1.165) is 12.1 Å². The highest BCUT2D eigenvalue weighted by Gasteiger charge is 2.13. The first-order valence-corrected chi connectivity index (χ1v) is 5.31. The summed E-state index contributed by atoms with van der Waals surface area (Å²) in [6, 6.07) is 4.43. The Balaban J connectivity index is 2.18. The fourth-order valence-electron chi connectivity index (χ4n) is 1.46. The smallest absolute Gasteiger partial charge is 0.252 e. The fourth-order valence-corrected chi connectivity index (χ4v) is 1.46. The van der Waals surface area contributed by atoms with E-state index in [2.05, 4.69) is 15.2 Å². The molecule has 1 aromatic carbocycles. The van der Waals surface area contributed by atoms with Crippen molar-refractivity contribution in [2.24, 2.45) is 0 Å². The van der Waals surface area contributed by atoms with E-state index in [0.29, 0.717) is 0 Å². The van der Waals surface area contributed by atoms with Crippen LogP contribution in [0, 0.1) is 11.6 Å². The van der Waals surface area contributed by atoms with Gasteiger partial charge in [-0.3, -0.25) is 10.1 Å². The van der Waals surface area contributed by atoms with Crippen molar-refractivity contribution < 1.29 is 22.8 Å². The van der Waals surface area contributed by atoms with E-state index in [9.17, 15) is 13.6 Å². The SMILES string of the molecule is COCC(=O)Nc1cc(-c2ccc(F)cc2F)no1. The topological polar surface area (TPSA) is 64.4 Å². The van der Waals surface area contributed by atoms with E-state index >= 15 is 0 Å². The third-order valence-electron chi connectivity index (χ3n) is 2.26. The molecule has 0 saturated heterocycles. The monoisotopic (exact) mass is 268 g/mol. The summed E-state index contributed by atoms with van der Waals surface area (Å²) in [7, 11) is 1.37. The number of nitrogens with zero attached hydrogens (tertiary/aromatic N) is 1. The van der Waals surface area contributed by atoms with Gasteiger partial charge in [0.15, 0.2) is 0 Å². The summed E-state index contributed by atoms with van der Waals surface area (Å²) >= 11 is 0. The summed E-state index contributed by atoms with van der Waals surface area (Å²) < 4.78 is 35.7. The molecule has 1 amide bonds. The molecule has 0 unspecified atom stereocenters. The van der Waals surface area contributed by atoms with E-state index in [1.165, 1.54) is 19.2 Å². The van der Waals surface area contributed by atoms with Crippen LogP contribution < -0.4 is 5.32 Å². The largest absolute Gasteiger partial charge is 0.375 e. The lowest BCUT2D eigenvalue weighted by molar-refractivity contribution is -0.119. The van der Waals surface area contributed by atoms with Gasteiger partial charge < -0.3 is 9.26 Å². The summed E-state index contributed by atoms with van der Waals surface area (Å²) in [5, 5.41) is 5.97. The number of amides is 1. The number of hydrogen-bond donors (Lipinski definition) is 1. The number of anilines is 1. The normalized spacial score (nSPS) is 10.5. The van der Waals surface area contributed by atoms with E-state index in [-0.39, 0.29) is 23.7 Å². The highest BCUT2D eigenvalue weighted by Crippen LogP contribution is 2.24. The number of benzene rings is 1. The first kappa shape index (κ1) is 13.2. The zero-order chi connectivity index (χ0) is 13.8. The second-order valence-electron chi connectivity index (χ2n) is 3.68. The van der Waals surface area contributed by atoms with Gasteiger partial charge in [0.05, 0.1) is 0 Å². The zero-order valence-corrected chi connectivity index (χ0v) is 9.94. The fraction of sp³-hybridized carbons (Fsp3) is 0.167. The van der Waals surface area contributed by atoms with Crippen molar-refractivity contribution >= 4 is 11.8 Å². The third-order valence-corrected chi connectivity index (χ3v) is 2.26. The maximum absolute atomic E-state index is 13.5. The van der Waals surface area contributed by atoms with Crippen molar-refractivity contribution in [3.05, 3.63) is 35.9 Å². The van der Waals surface area contributed by atoms with Crippen LogP contribution in [0.5, 0.6) is 0 Å². The Bertz CT molecular complexity index is 598. The molecule has 0 aliphatic heterocycles. The minimum absolute atomic E-state index is 0.0563. The lowest BCUT2D eigenvalue weighted by Crippen LogP contribution is -2.16. The Labute approximate surface area is 107 Å². The molecule has 100 valence electrons. The Morgan fingerprint density at radius 3 is 2.89 bits per heavy atom. The number of carbonyl (C=O) groups is 1. The number of rotatable bonds is 4. The maximum atomic E-state index is 13.5. The molecule has 1 N–H and O–H groups in total. The average Bonchev–Trinajstić information content (AvgIpc) is 2.77. The molecule has 0 spiro atoms. The summed E-state index contributed by atoms with van der Waals surface area (Å²) in [4.78, 5) is 11.2. The van der Waals surface area contributed by atoms with Crippen molar-refractivity contribution in [1.82, 2.24) is 5.16 Å². The molecular weight excluding hydrogens is 258 g/mol. The van der Waals surface area contributed by atoms with E-state index in [1.54, 1.807) is 0 Å². The lowest BCUT2D eigenvalue weighted by atomic mass is 10.1. The standard InChI is InChI=1S/C12H10F2N2O3/c1-18-6-11(17)15-12-5-10(16-19-12)8-3-2-7(13)4-9(8)14/h2-5H,6H2,1H3,(H,15,17). The number of halogens is 2. The highest BCUT2D eigenvalue weighted by atomic mass is 19.1. The quantitative estimate of drug-likeness (QED) is 0.923. The summed E-state index contributed by atoms with van der Waals surface area (Å²) in [5.41, 5.74) is 0.239. The van der Waals surface area contributed by atoms with Crippen molar-refractivity contribution in [2.75, 3.05) is 19.0 Å². The van der Waals surface area contributed by atoms with Gasteiger partial charge in [0, 0.05) is 24.8 Å². The highest BCUT2D eigenvalue weighted by molar-refractivity contribution is 5.90. The third kappa shape index (κ3) is 3.14. The number of carbonyl (C=O) groups excluding carboxylic acids is 1. The number of aromatic nitrogens is 1. The summed E-state index contributed by atoms with van der Waals surface area (Å²) in [6.07, 6.45) is 0. The molecule has 0 saturated carbocycles. The van der Waals surface area contributed by atoms with Crippen LogP contribution in [0.15, 0.2) is 28.8 Å². The second kappa shape index (κ2) is 5.57. The first-order valence-electron chi connectivity index (χ1n) is 5.31. The van der Waals surface area contributed by atoms with Crippen molar-refractivity contribution in [2.45, 2.75) is 0 Å². The molecule has 0 atom stereocenters. The van der Waals surface area contributed by atoms with Crippen LogP contribution in [-0.2, 0) is 9.53 Å². The Morgan fingerprint density at radius 1 is 1.42 bits per heavy atom. The molecule has 1 heterocycles. The number of ether oxygens (including phenoxy) is 1. The number of nitrogens with one attached hydrogen (secondary N) is 1. The number of methoxy groups -OCH3 is 1. The van der Waals surface area contributed by atoms with Crippen LogP contribution in [0.3, 0.4) is 0 Å². The molecule has 1 aromatic heterocycles. The maximum Gasteiger partial charge on any atom is 0.252 e. The van der Waals surface area contributed by atoms with Gasteiger partial charge in [-0.15, -0.1) is 0 Å². The Kier molecular flexibility index (Phi) is 3.86. The molecule has 7 heteroatoms. The van der Waals surface area contributed by atoms with Gasteiger partial charge >= 0.3 is 0 Å². The molecule has 5 nitrogen and oxygen atoms in total. The molecule has 0 aliphatic carbocycles. The zero-order valence-electron chi connectivity index (χ0n) is 9.94. The average molecular weight is 268 g/mol. The molecule has 0 radical (unpaired) electrons. The van der Waals surface area contributed by atoms with Crippen LogP contribution in [0.2, 0.25) is 0 Å². The van der Waals surface area contributed by atoms with Crippen LogP contribution in [0.25, 0.3) is 11.3 Å². The van der Waals surface area contributed by atoms with Gasteiger partial charge in [-0.25, -0.2) is 8.78 Å². The summed E-state index contributed by atoms with van der Waals surface area (Å²) in [5.74, 6) is -1.81. The molecule has 19 heavy (non-hydrogen) atoms. The molecule has 0 bridgehead atoms. The molecule has 0 fully saturated rings. The van der Waals surface area contributed by atoms with Gasteiger partial charge in [-0.2, -0.15) is 0 Å².